The van der Waals surface area contributed by atoms with E-state index in [9.17, 15) is 0 Å². The highest BCUT2D eigenvalue weighted by Gasteiger charge is 2.11. The second-order valence-electron chi connectivity index (χ2n) is 4.77. The maximum atomic E-state index is 4.54. The first-order chi connectivity index (χ1) is 9.72. The molecule has 2 heterocycles. The summed E-state index contributed by atoms with van der Waals surface area (Å²) in [5, 5.41) is 3.40. The van der Waals surface area contributed by atoms with Crippen LogP contribution >= 0.6 is 0 Å². The zero-order valence-corrected chi connectivity index (χ0v) is 12.3. The summed E-state index contributed by atoms with van der Waals surface area (Å²) >= 11 is 0. The third-order valence-corrected chi connectivity index (χ3v) is 3.17. The molecule has 0 bridgehead atoms. The standard InChI is InChI=1S/C15H21N5/c1-4-7-16-10-6-13-11(2)19-15(20-12(13)3)14-17-8-5-9-18-14/h5,8-9,16H,4,6-7,10H2,1-3H3. The highest BCUT2D eigenvalue weighted by molar-refractivity contribution is 5.44. The number of rotatable bonds is 6. The van der Waals surface area contributed by atoms with Gasteiger partial charge in [-0.1, -0.05) is 6.92 Å². The van der Waals surface area contributed by atoms with E-state index in [1.54, 1.807) is 18.5 Å². The zero-order valence-electron chi connectivity index (χ0n) is 12.3. The molecule has 0 radical (unpaired) electrons. The topological polar surface area (TPSA) is 63.6 Å². The second-order valence-corrected chi connectivity index (χ2v) is 4.77. The maximum absolute atomic E-state index is 4.54. The Morgan fingerprint density at radius 1 is 0.950 bits per heavy atom. The largest absolute Gasteiger partial charge is 0.316 e. The van der Waals surface area contributed by atoms with Crippen molar-refractivity contribution < 1.29 is 0 Å². The summed E-state index contributed by atoms with van der Waals surface area (Å²) < 4.78 is 0. The van der Waals surface area contributed by atoms with Crippen LogP contribution in [0.1, 0.15) is 30.3 Å². The van der Waals surface area contributed by atoms with Crippen LogP contribution < -0.4 is 5.32 Å². The minimum absolute atomic E-state index is 0.578. The van der Waals surface area contributed by atoms with Gasteiger partial charge in [0, 0.05) is 23.8 Å². The minimum Gasteiger partial charge on any atom is -0.316 e. The normalized spacial score (nSPS) is 10.8. The molecule has 0 saturated heterocycles. The van der Waals surface area contributed by atoms with Gasteiger partial charge >= 0.3 is 0 Å². The van der Waals surface area contributed by atoms with Crippen LogP contribution in [0.5, 0.6) is 0 Å². The number of nitrogens with zero attached hydrogens (tertiary/aromatic N) is 4. The van der Waals surface area contributed by atoms with Gasteiger partial charge < -0.3 is 5.32 Å². The molecular weight excluding hydrogens is 250 g/mol. The Morgan fingerprint density at radius 2 is 1.60 bits per heavy atom. The molecule has 0 fully saturated rings. The van der Waals surface area contributed by atoms with Gasteiger partial charge in [0.2, 0.25) is 0 Å². The average molecular weight is 271 g/mol. The molecule has 5 nitrogen and oxygen atoms in total. The quantitative estimate of drug-likeness (QED) is 0.815. The van der Waals surface area contributed by atoms with Crippen LogP contribution in [0.4, 0.5) is 0 Å². The van der Waals surface area contributed by atoms with Gasteiger partial charge in [0.05, 0.1) is 0 Å². The molecular formula is C15H21N5. The van der Waals surface area contributed by atoms with Gasteiger partial charge in [0.25, 0.3) is 0 Å². The van der Waals surface area contributed by atoms with Gasteiger partial charge in [-0.3, -0.25) is 0 Å². The van der Waals surface area contributed by atoms with E-state index in [-0.39, 0.29) is 0 Å². The second kappa shape index (κ2) is 7.05. The Morgan fingerprint density at radius 3 is 2.20 bits per heavy atom. The van der Waals surface area contributed by atoms with Crippen molar-refractivity contribution in [1.82, 2.24) is 25.3 Å². The van der Waals surface area contributed by atoms with Crippen molar-refractivity contribution in [2.75, 3.05) is 13.1 Å². The van der Waals surface area contributed by atoms with Crippen LogP contribution in [0.3, 0.4) is 0 Å². The molecule has 0 aliphatic carbocycles. The molecule has 0 amide bonds. The summed E-state index contributed by atoms with van der Waals surface area (Å²) in [5.41, 5.74) is 3.24. The van der Waals surface area contributed by atoms with E-state index in [0.29, 0.717) is 11.6 Å². The lowest BCUT2D eigenvalue weighted by molar-refractivity contribution is 0.666. The number of aryl methyl sites for hydroxylation is 2. The molecule has 0 atom stereocenters. The fraction of sp³-hybridized carbons (Fsp3) is 0.467. The van der Waals surface area contributed by atoms with E-state index in [1.165, 1.54) is 5.56 Å². The molecule has 20 heavy (non-hydrogen) atoms. The number of aromatic nitrogens is 4. The highest BCUT2D eigenvalue weighted by Crippen LogP contribution is 2.15. The summed E-state index contributed by atoms with van der Waals surface area (Å²) in [6.45, 7) is 8.22. The van der Waals surface area contributed by atoms with Gasteiger partial charge in [-0.15, -0.1) is 0 Å². The lowest BCUT2D eigenvalue weighted by atomic mass is 10.1. The van der Waals surface area contributed by atoms with E-state index in [2.05, 4.69) is 32.2 Å². The summed E-state index contributed by atoms with van der Waals surface area (Å²) in [6, 6.07) is 1.79. The van der Waals surface area contributed by atoms with Crippen LogP contribution in [0, 0.1) is 13.8 Å². The summed E-state index contributed by atoms with van der Waals surface area (Å²) in [7, 11) is 0. The predicted molar refractivity (Wildman–Crippen MR) is 79.4 cm³/mol. The average Bonchev–Trinajstić information content (AvgIpc) is 2.46. The maximum Gasteiger partial charge on any atom is 0.198 e. The summed E-state index contributed by atoms with van der Waals surface area (Å²) in [4.78, 5) is 17.5. The number of hydrogen-bond donors (Lipinski definition) is 1. The van der Waals surface area contributed by atoms with Gasteiger partial charge in [-0.05, 0) is 51.4 Å². The zero-order chi connectivity index (χ0) is 14.4. The molecule has 106 valence electrons. The van der Waals surface area contributed by atoms with Gasteiger partial charge in [0.1, 0.15) is 0 Å². The third kappa shape index (κ3) is 3.57. The van der Waals surface area contributed by atoms with Gasteiger partial charge in [-0.25, -0.2) is 19.9 Å². The SMILES string of the molecule is CCCNCCc1c(C)nc(-c2ncccn2)nc1C. The van der Waals surface area contributed by atoms with Gasteiger partial charge in [0.15, 0.2) is 11.6 Å². The first-order valence-electron chi connectivity index (χ1n) is 7.04. The van der Waals surface area contributed by atoms with Gasteiger partial charge in [-0.2, -0.15) is 0 Å². The molecule has 0 unspecified atom stereocenters. The molecule has 0 aliphatic rings. The Kier molecular flexibility index (Phi) is 5.12. The van der Waals surface area contributed by atoms with Crippen LogP contribution in [0.2, 0.25) is 0 Å². The number of hydrogen-bond acceptors (Lipinski definition) is 5. The predicted octanol–water partition coefficient (Wildman–Crippen LogP) is 2.09. The van der Waals surface area contributed by atoms with E-state index >= 15 is 0 Å². The van der Waals surface area contributed by atoms with Crippen molar-refractivity contribution in [2.24, 2.45) is 0 Å². The summed E-state index contributed by atoms with van der Waals surface area (Å²) in [6.07, 6.45) is 5.52. The molecule has 2 aromatic rings. The van der Waals surface area contributed by atoms with Crippen molar-refractivity contribution in [2.45, 2.75) is 33.6 Å². The lowest BCUT2D eigenvalue weighted by Crippen LogP contribution is -2.19. The van der Waals surface area contributed by atoms with Crippen LogP contribution in [0.15, 0.2) is 18.5 Å². The van der Waals surface area contributed by atoms with Crippen molar-refractivity contribution in [3.8, 4) is 11.6 Å². The number of nitrogens with one attached hydrogen (secondary N) is 1. The fourth-order valence-electron chi connectivity index (χ4n) is 2.13. The molecule has 0 spiro atoms. The van der Waals surface area contributed by atoms with Crippen molar-refractivity contribution in [3.63, 3.8) is 0 Å². The summed E-state index contributed by atoms with van der Waals surface area (Å²) in [5.74, 6) is 1.18. The Hall–Kier alpha value is -1.88. The van der Waals surface area contributed by atoms with Crippen LogP contribution in [0.25, 0.3) is 11.6 Å². The monoisotopic (exact) mass is 271 g/mol. The highest BCUT2D eigenvalue weighted by atomic mass is 15.0. The van der Waals surface area contributed by atoms with Crippen LogP contribution in [-0.4, -0.2) is 33.0 Å². The van der Waals surface area contributed by atoms with Crippen molar-refractivity contribution in [3.05, 3.63) is 35.4 Å². The van der Waals surface area contributed by atoms with Crippen LogP contribution in [-0.2, 0) is 6.42 Å². The first kappa shape index (κ1) is 14.5. The minimum atomic E-state index is 0.578. The smallest absolute Gasteiger partial charge is 0.198 e. The third-order valence-electron chi connectivity index (χ3n) is 3.17. The Bertz CT molecular complexity index is 530. The molecule has 0 aliphatic heterocycles. The van der Waals surface area contributed by atoms with E-state index in [1.807, 2.05) is 13.8 Å². The van der Waals surface area contributed by atoms with Crippen molar-refractivity contribution >= 4 is 0 Å². The molecule has 2 rings (SSSR count). The molecule has 0 aromatic carbocycles. The Balaban J connectivity index is 2.17. The lowest BCUT2D eigenvalue weighted by Gasteiger charge is -2.10. The first-order valence-corrected chi connectivity index (χ1v) is 7.04. The molecule has 2 aromatic heterocycles. The fourth-order valence-corrected chi connectivity index (χ4v) is 2.13. The van der Waals surface area contributed by atoms with E-state index in [4.69, 9.17) is 0 Å². The Labute approximate surface area is 119 Å². The molecule has 1 N–H and O–H groups in total. The van der Waals surface area contributed by atoms with Crippen molar-refractivity contribution in [1.29, 1.82) is 0 Å². The molecule has 0 saturated carbocycles. The molecule has 5 heteroatoms. The van der Waals surface area contributed by atoms with E-state index < -0.39 is 0 Å². The van der Waals surface area contributed by atoms with E-state index in [0.717, 1.165) is 37.3 Å².